The lowest BCUT2D eigenvalue weighted by Crippen LogP contribution is -2.11. The van der Waals surface area contributed by atoms with Gasteiger partial charge < -0.3 is 0 Å². The number of aromatic nitrogens is 8. The first-order chi connectivity index (χ1) is 6.42. The Bertz CT molecular complexity index is 322. The molecule has 0 atom stereocenters. The molecule has 2 aromatic rings. The summed E-state index contributed by atoms with van der Waals surface area (Å²) >= 11 is 0. The molecule has 0 saturated carbocycles. The average molecular weight is 181 g/mol. The van der Waals surface area contributed by atoms with Crippen molar-refractivity contribution in [2.75, 3.05) is 5.01 Å². The van der Waals surface area contributed by atoms with E-state index in [9.17, 15) is 0 Å². The van der Waals surface area contributed by atoms with Gasteiger partial charge in [-0.25, -0.2) is 0 Å². The summed E-state index contributed by atoms with van der Waals surface area (Å²) < 4.78 is 0. The summed E-state index contributed by atoms with van der Waals surface area (Å²) in [4.78, 5) is 0. The summed E-state index contributed by atoms with van der Waals surface area (Å²) in [5, 5.41) is 29.4. The SMILES string of the molecule is N=NN(c1nn[nH]n1)c1nn[nH]n1. The Morgan fingerprint density at radius 1 is 1.08 bits per heavy atom. The van der Waals surface area contributed by atoms with Crippen molar-refractivity contribution in [3.05, 3.63) is 0 Å². The van der Waals surface area contributed by atoms with Crippen LogP contribution in [0, 0.1) is 5.53 Å². The van der Waals surface area contributed by atoms with Crippen LogP contribution < -0.4 is 5.01 Å². The monoisotopic (exact) mass is 181 g/mol. The van der Waals surface area contributed by atoms with Crippen LogP contribution in [-0.4, -0.2) is 41.2 Å². The molecule has 13 heavy (non-hydrogen) atoms. The number of hydrogen-bond donors (Lipinski definition) is 3. The molecular formula is C2H3N11. The van der Waals surface area contributed by atoms with E-state index in [1.54, 1.807) is 0 Å². The third-order valence-electron chi connectivity index (χ3n) is 1.15. The minimum Gasteiger partial charge on any atom is -0.186 e. The van der Waals surface area contributed by atoms with Crippen LogP contribution in [0.4, 0.5) is 11.9 Å². The summed E-state index contributed by atoms with van der Waals surface area (Å²) in [6, 6.07) is 0. The van der Waals surface area contributed by atoms with Crippen LogP contribution in [0.2, 0.25) is 0 Å². The molecule has 0 aliphatic rings. The first-order valence-corrected chi connectivity index (χ1v) is 3.06. The molecule has 11 nitrogen and oxygen atoms in total. The molecule has 2 aromatic heterocycles. The molecule has 0 radical (unpaired) electrons. The van der Waals surface area contributed by atoms with Crippen molar-refractivity contribution < 1.29 is 0 Å². The second-order valence-electron chi connectivity index (χ2n) is 1.84. The molecule has 0 fully saturated rings. The molecule has 0 aromatic carbocycles. The third-order valence-corrected chi connectivity index (χ3v) is 1.15. The van der Waals surface area contributed by atoms with E-state index in [1.807, 2.05) is 0 Å². The minimum absolute atomic E-state index is 0.0661. The van der Waals surface area contributed by atoms with E-state index in [4.69, 9.17) is 5.53 Å². The van der Waals surface area contributed by atoms with Crippen molar-refractivity contribution >= 4 is 11.9 Å². The maximum atomic E-state index is 6.82. The lowest BCUT2D eigenvalue weighted by Gasteiger charge is -2.03. The normalized spacial score (nSPS) is 9.85. The van der Waals surface area contributed by atoms with Gasteiger partial charge in [-0.2, -0.15) is 16.0 Å². The molecule has 3 N–H and O–H groups in total. The van der Waals surface area contributed by atoms with Crippen LogP contribution in [0.3, 0.4) is 0 Å². The highest BCUT2D eigenvalue weighted by atomic mass is 15.7. The Labute approximate surface area is 70.0 Å². The van der Waals surface area contributed by atoms with Gasteiger partial charge in [0.25, 0.3) is 11.9 Å². The van der Waals surface area contributed by atoms with Gasteiger partial charge in [0.2, 0.25) is 0 Å². The first-order valence-electron chi connectivity index (χ1n) is 3.06. The van der Waals surface area contributed by atoms with Gasteiger partial charge in [0.1, 0.15) is 0 Å². The van der Waals surface area contributed by atoms with Gasteiger partial charge in [-0.1, -0.05) is 15.4 Å². The second-order valence-corrected chi connectivity index (χ2v) is 1.84. The zero-order valence-electron chi connectivity index (χ0n) is 6.08. The van der Waals surface area contributed by atoms with Crippen LogP contribution in [0.25, 0.3) is 0 Å². The van der Waals surface area contributed by atoms with E-state index in [0.29, 0.717) is 0 Å². The molecule has 0 unspecified atom stereocenters. The van der Waals surface area contributed by atoms with Gasteiger partial charge >= 0.3 is 0 Å². The van der Waals surface area contributed by atoms with Crippen LogP contribution in [0.15, 0.2) is 5.22 Å². The van der Waals surface area contributed by atoms with Crippen molar-refractivity contribution in [1.82, 2.24) is 41.2 Å². The smallest absolute Gasteiger partial charge is 0.186 e. The van der Waals surface area contributed by atoms with Crippen molar-refractivity contribution in [2.45, 2.75) is 0 Å². The zero-order chi connectivity index (χ0) is 9.10. The Hall–Kier alpha value is -2.46. The molecular weight excluding hydrogens is 178 g/mol. The van der Waals surface area contributed by atoms with E-state index in [-0.39, 0.29) is 11.9 Å². The average Bonchev–Trinajstić information content (AvgIpc) is 2.76. The number of anilines is 2. The van der Waals surface area contributed by atoms with Gasteiger partial charge in [0, 0.05) is 0 Å². The molecule has 11 heteroatoms. The molecule has 2 heterocycles. The largest absolute Gasteiger partial charge is 0.294 e. The lowest BCUT2D eigenvalue weighted by atomic mass is 10.9. The van der Waals surface area contributed by atoms with E-state index in [0.717, 1.165) is 5.01 Å². The van der Waals surface area contributed by atoms with Gasteiger partial charge in [-0.3, -0.25) is 0 Å². The minimum atomic E-state index is 0.0661. The Morgan fingerprint density at radius 2 is 1.62 bits per heavy atom. The summed E-state index contributed by atoms with van der Waals surface area (Å²) in [7, 11) is 0. The van der Waals surface area contributed by atoms with Gasteiger partial charge in [0.15, 0.2) is 0 Å². The molecule has 0 saturated heterocycles. The fourth-order valence-electron chi connectivity index (χ4n) is 0.671. The predicted octanol–water partition coefficient (Wildman–Crippen LogP) is -1.20. The van der Waals surface area contributed by atoms with Gasteiger partial charge in [-0.15, -0.1) is 15.2 Å². The number of rotatable bonds is 3. The van der Waals surface area contributed by atoms with E-state index < -0.39 is 0 Å². The molecule has 0 amide bonds. The number of hydrogen-bond acceptors (Lipinski definition) is 8. The van der Waals surface area contributed by atoms with Crippen molar-refractivity contribution in [3.8, 4) is 0 Å². The number of H-pyrrole nitrogens is 2. The fraction of sp³-hybridized carbons (Fsp3) is 0. The van der Waals surface area contributed by atoms with Crippen LogP contribution in [0.5, 0.6) is 0 Å². The quantitative estimate of drug-likeness (QED) is 0.397. The van der Waals surface area contributed by atoms with E-state index >= 15 is 0 Å². The summed E-state index contributed by atoms with van der Waals surface area (Å²) in [5.41, 5.74) is 6.82. The summed E-state index contributed by atoms with van der Waals surface area (Å²) in [6.07, 6.45) is 0. The summed E-state index contributed by atoms with van der Waals surface area (Å²) in [5.74, 6) is 0.132. The maximum absolute atomic E-state index is 6.82. The Balaban J connectivity index is 2.35. The highest BCUT2D eigenvalue weighted by Gasteiger charge is 2.16. The van der Waals surface area contributed by atoms with Crippen molar-refractivity contribution in [3.63, 3.8) is 0 Å². The van der Waals surface area contributed by atoms with Crippen LogP contribution in [-0.2, 0) is 0 Å². The van der Waals surface area contributed by atoms with Crippen molar-refractivity contribution in [2.24, 2.45) is 5.22 Å². The molecule has 0 aliphatic heterocycles. The van der Waals surface area contributed by atoms with Crippen LogP contribution >= 0.6 is 0 Å². The predicted molar refractivity (Wildman–Crippen MR) is 35.6 cm³/mol. The fourth-order valence-corrected chi connectivity index (χ4v) is 0.671. The van der Waals surface area contributed by atoms with Crippen LogP contribution in [0.1, 0.15) is 0 Å². The lowest BCUT2D eigenvalue weighted by molar-refractivity contribution is 0.842. The highest BCUT2D eigenvalue weighted by molar-refractivity contribution is 5.42. The highest BCUT2D eigenvalue weighted by Crippen LogP contribution is 2.13. The topological polar surface area (TPSA) is 148 Å². The van der Waals surface area contributed by atoms with E-state index in [1.165, 1.54) is 0 Å². The Kier molecular flexibility index (Phi) is 1.60. The number of tetrazole rings is 2. The standard InChI is InChI=1S/C2H3N11/c3-8-13(1-4-9-10-5-1)2-6-11-12-7-2/h3H,(H,4,5,9,10)(H,6,7,11,12). The van der Waals surface area contributed by atoms with E-state index in [2.05, 4.69) is 46.5 Å². The van der Waals surface area contributed by atoms with Gasteiger partial charge in [0.05, 0.1) is 0 Å². The molecule has 0 bridgehead atoms. The van der Waals surface area contributed by atoms with Crippen molar-refractivity contribution in [1.29, 1.82) is 5.53 Å². The Morgan fingerprint density at radius 3 is 1.92 bits per heavy atom. The number of nitrogens with one attached hydrogen (secondary N) is 3. The number of aromatic amines is 2. The second kappa shape index (κ2) is 2.88. The van der Waals surface area contributed by atoms with Gasteiger partial charge in [-0.05, 0) is 10.4 Å². The maximum Gasteiger partial charge on any atom is 0.294 e. The molecule has 2 rings (SSSR count). The zero-order valence-corrected chi connectivity index (χ0v) is 6.08. The number of nitrogens with zero attached hydrogens (tertiary/aromatic N) is 8. The summed E-state index contributed by atoms with van der Waals surface area (Å²) in [6.45, 7) is 0. The molecule has 0 aliphatic carbocycles. The first kappa shape index (κ1) is 7.20. The molecule has 66 valence electrons. The molecule has 0 spiro atoms. The third kappa shape index (κ3) is 1.17.